The average molecular weight is 372 g/mol. The Balaban J connectivity index is 1.30. The number of anilines is 1. The molecular formula is C19H25N5OS. The van der Waals surface area contributed by atoms with Crippen LogP contribution in [0, 0.1) is 5.92 Å². The summed E-state index contributed by atoms with van der Waals surface area (Å²) >= 11 is 1.70. The van der Waals surface area contributed by atoms with E-state index in [0.29, 0.717) is 11.8 Å². The molecule has 5 heterocycles. The molecule has 2 aromatic rings. The van der Waals surface area contributed by atoms with Crippen molar-refractivity contribution in [1.29, 1.82) is 0 Å². The summed E-state index contributed by atoms with van der Waals surface area (Å²) in [7, 11) is 0. The molecule has 5 rings (SSSR count). The van der Waals surface area contributed by atoms with Crippen molar-refractivity contribution in [3.8, 4) is 0 Å². The summed E-state index contributed by atoms with van der Waals surface area (Å²) in [6, 6.07) is 4.28. The zero-order valence-corrected chi connectivity index (χ0v) is 15.7. The lowest BCUT2D eigenvalue weighted by Gasteiger charge is -2.38. The molecule has 0 amide bonds. The number of thiazole rings is 1. The lowest BCUT2D eigenvalue weighted by Crippen LogP contribution is -2.48. The SMILES string of the molecule is O=c1c(CN2CCN(c3nccs3)CC2)ccc2n1C[C@@H]1CNC[C@H]2C1. The summed E-state index contributed by atoms with van der Waals surface area (Å²) in [5.74, 6) is 1.11. The van der Waals surface area contributed by atoms with E-state index in [1.165, 1.54) is 12.1 Å². The Morgan fingerprint density at radius 1 is 1.19 bits per heavy atom. The van der Waals surface area contributed by atoms with Crippen LogP contribution in [0.3, 0.4) is 0 Å². The lowest BCUT2D eigenvalue weighted by atomic mass is 9.84. The van der Waals surface area contributed by atoms with Crippen LogP contribution in [0.25, 0.3) is 0 Å². The molecule has 3 aliphatic rings. The molecule has 3 aliphatic heterocycles. The second-order valence-electron chi connectivity index (χ2n) is 7.73. The highest BCUT2D eigenvalue weighted by Gasteiger charge is 2.31. The molecule has 0 saturated carbocycles. The first-order valence-corrected chi connectivity index (χ1v) is 10.5. The minimum absolute atomic E-state index is 0.237. The van der Waals surface area contributed by atoms with Crippen molar-refractivity contribution in [3.05, 3.63) is 45.3 Å². The third kappa shape index (κ3) is 2.98. The van der Waals surface area contributed by atoms with Crippen molar-refractivity contribution in [2.45, 2.75) is 25.4 Å². The summed E-state index contributed by atoms with van der Waals surface area (Å²) in [4.78, 5) is 22.2. The van der Waals surface area contributed by atoms with Crippen LogP contribution < -0.4 is 15.8 Å². The highest BCUT2D eigenvalue weighted by atomic mass is 32.1. The number of aromatic nitrogens is 2. The number of pyridine rings is 1. The smallest absolute Gasteiger partial charge is 0.255 e. The predicted octanol–water partition coefficient (Wildman–Crippen LogP) is 1.33. The van der Waals surface area contributed by atoms with E-state index in [0.717, 1.165) is 63.1 Å². The van der Waals surface area contributed by atoms with Gasteiger partial charge in [-0.3, -0.25) is 9.69 Å². The number of piperidine rings is 1. The number of nitrogens with one attached hydrogen (secondary N) is 1. The van der Waals surface area contributed by atoms with Crippen molar-refractivity contribution >= 4 is 16.5 Å². The molecule has 2 fully saturated rings. The normalized spacial score (nSPS) is 25.9. The molecular weight excluding hydrogens is 346 g/mol. The molecule has 0 aliphatic carbocycles. The topological polar surface area (TPSA) is 53.4 Å². The fourth-order valence-corrected chi connectivity index (χ4v) is 5.36. The molecule has 2 bridgehead atoms. The molecule has 0 aromatic carbocycles. The molecule has 138 valence electrons. The summed E-state index contributed by atoms with van der Waals surface area (Å²) in [5, 5.41) is 6.65. The average Bonchev–Trinajstić information content (AvgIpc) is 3.20. The van der Waals surface area contributed by atoms with Gasteiger partial charge in [0.2, 0.25) is 0 Å². The van der Waals surface area contributed by atoms with Crippen LogP contribution >= 0.6 is 11.3 Å². The van der Waals surface area contributed by atoms with Crippen molar-refractivity contribution in [2.24, 2.45) is 5.92 Å². The van der Waals surface area contributed by atoms with Crippen molar-refractivity contribution < 1.29 is 0 Å². The van der Waals surface area contributed by atoms with E-state index in [1.807, 2.05) is 11.6 Å². The monoisotopic (exact) mass is 371 g/mol. The maximum Gasteiger partial charge on any atom is 0.255 e. The van der Waals surface area contributed by atoms with Gasteiger partial charge in [-0.2, -0.15) is 0 Å². The van der Waals surface area contributed by atoms with Gasteiger partial charge in [0.05, 0.1) is 0 Å². The Morgan fingerprint density at radius 3 is 2.88 bits per heavy atom. The maximum absolute atomic E-state index is 13.1. The van der Waals surface area contributed by atoms with Crippen molar-refractivity contribution in [1.82, 2.24) is 19.8 Å². The van der Waals surface area contributed by atoms with Gasteiger partial charge in [-0.05, 0) is 24.9 Å². The number of nitrogens with zero attached hydrogens (tertiary/aromatic N) is 4. The summed E-state index contributed by atoms with van der Waals surface area (Å²) in [6.07, 6.45) is 3.09. The first-order chi connectivity index (χ1) is 12.8. The summed E-state index contributed by atoms with van der Waals surface area (Å²) in [6.45, 7) is 7.62. The molecule has 7 heteroatoms. The van der Waals surface area contributed by atoms with Crippen LogP contribution in [0.1, 0.15) is 23.6 Å². The summed E-state index contributed by atoms with van der Waals surface area (Å²) in [5.41, 5.74) is 2.42. The highest BCUT2D eigenvalue weighted by Crippen LogP contribution is 2.31. The zero-order valence-electron chi connectivity index (χ0n) is 14.9. The van der Waals surface area contributed by atoms with E-state index in [2.05, 4.69) is 36.8 Å². The van der Waals surface area contributed by atoms with Gasteiger partial charge in [0.1, 0.15) is 0 Å². The highest BCUT2D eigenvalue weighted by molar-refractivity contribution is 7.13. The van der Waals surface area contributed by atoms with Crippen LogP contribution in [0.4, 0.5) is 5.13 Å². The standard InChI is InChI=1S/C19H25N5OS/c25-18-15(1-2-17-16-9-14(10-20-11-16)12-24(17)18)13-22-4-6-23(7-5-22)19-21-3-8-26-19/h1-3,8,14,16,20H,4-7,9-13H2/t14-,16+/m0/s1. The van der Waals surface area contributed by atoms with E-state index in [4.69, 9.17) is 0 Å². The maximum atomic E-state index is 13.1. The fraction of sp³-hybridized carbons (Fsp3) is 0.579. The van der Waals surface area contributed by atoms with E-state index >= 15 is 0 Å². The van der Waals surface area contributed by atoms with Crippen LogP contribution in [-0.4, -0.2) is 53.7 Å². The molecule has 2 saturated heterocycles. The van der Waals surface area contributed by atoms with Gasteiger partial charge in [0.25, 0.3) is 5.56 Å². The minimum Gasteiger partial charge on any atom is -0.346 e. The Hall–Kier alpha value is -1.70. The summed E-state index contributed by atoms with van der Waals surface area (Å²) < 4.78 is 2.07. The van der Waals surface area contributed by atoms with Crippen LogP contribution in [0.15, 0.2) is 28.5 Å². The van der Waals surface area contributed by atoms with Crippen molar-refractivity contribution in [2.75, 3.05) is 44.2 Å². The number of rotatable bonds is 3. The molecule has 26 heavy (non-hydrogen) atoms. The quantitative estimate of drug-likeness (QED) is 0.882. The van der Waals surface area contributed by atoms with Gasteiger partial charge >= 0.3 is 0 Å². The van der Waals surface area contributed by atoms with Gasteiger partial charge in [0, 0.05) is 74.6 Å². The number of hydrogen-bond acceptors (Lipinski definition) is 6. The number of fused-ring (bicyclic) bond motifs is 4. The third-order valence-corrected chi connectivity index (χ3v) is 6.88. The van der Waals surface area contributed by atoms with E-state index < -0.39 is 0 Å². The number of hydrogen-bond donors (Lipinski definition) is 1. The molecule has 0 spiro atoms. The third-order valence-electron chi connectivity index (χ3n) is 6.04. The Labute approximate surface area is 157 Å². The molecule has 6 nitrogen and oxygen atoms in total. The van der Waals surface area contributed by atoms with Gasteiger partial charge in [-0.25, -0.2) is 4.98 Å². The van der Waals surface area contributed by atoms with Gasteiger partial charge < -0.3 is 14.8 Å². The largest absolute Gasteiger partial charge is 0.346 e. The van der Waals surface area contributed by atoms with Gasteiger partial charge in [-0.15, -0.1) is 11.3 Å². The first-order valence-electron chi connectivity index (χ1n) is 9.58. The minimum atomic E-state index is 0.237. The molecule has 2 aromatic heterocycles. The van der Waals surface area contributed by atoms with Gasteiger partial charge in [-0.1, -0.05) is 6.07 Å². The Bertz CT molecular complexity index is 825. The Morgan fingerprint density at radius 2 is 2.08 bits per heavy atom. The molecule has 0 unspecified atom stereocenters. The number of piperazine rings is 1. The zero-order chi connectivity index (χ0) is 17.5. The van der Waals surface area contributed by atoms with Crippen molar-refractivity contribution in [3.63, 3.8) is 0 Å². The second-order valence-corrected chi connectivity index (χ2v) is 8.61. The van der Waals surface area contributed by atoms with Crippen LogP contribution in [0.2, 0.25) is 0 Å². The molecule has 2 atom stereocenters. The van der Waals surface area contributed by atoms with E-state index in [1.54, 1.807) is 11.3 Å². The fourth-order valence-electron chi connectivity index (χ4n) is 4.67. The molecule has 1 N–H and O–H groups in total. The van der Waals surface area contributed by atoms with E-state index in [-0.39, 0.29) is 5.56 Å². The lowest BCUT2D eigenvalue weighted by molar-refractivity contribution is 0.241. The molecule has 0 radical (unpaired) electrons. The predicted molar refractivity (Wildman–Crippen MR) is 104 cm³/mol. The Kier molecular flexibility index (Phi) is 4.30. The van der Waals surface area contributed by atoms with Crippen LogP contribution in [-0.2, 0) is 13.1 Å². The first kappa shape index (κ1) is 16.5. The second kappa shape index (κ2) is 6.79. The van der Waals surface area contributed by atoms with Gasteiger partial charge in [0.15, 0.2) is 5.13 Å². The van der Waals surface area contributed by atoms with E-state index in [9.17, 15) is 4.79 Å². The van der Waals surface area contributed by atoms with Crippen LogP contribution in [0.5, 0.6) is 0 Å².